The van der Waals surface area contributed by atoms with Crippen LogP contribution in [0.4, 0.5) is 0 Å². The van der Waals surface area contributed by atoms with Gasteiger partial charge in [0, 0.05) is 6.42 Å². The molecular weight excluding hydrogens is 398 g/mol. The van der Waals surface area contributed by atoms with Gasteiger partial charge in [-0.15, -0.1) is 23.6 Å². The minimum atomic E-state index is -0.691. The molecule has 0 saturated carbocycles. The number of rotatable bonds is 8. The first-order valence-corrected chi connectivity index (χ1v) is 8.30. The lowest BCUT2D eigenvalue weighted by Gasteiger charge is -2.36. The molecule has 0 radical (unpaired) electrons. The van der Waals surface area contributed by atoms with Crippen LogP contribution in [-0.2, 0) is 11.3 Å². The molecule has 0 bridgehead atoms. The van der Waals surface area contributed by atoms with E-state index in [2.05, 4.69) is 22.6 Å². The number of nitrogens with two attached hydrogens (primary N) is 2. The van der Waals surface area contributed by atoms with Crippen molar-refractivity contribution in [2.45, 2.75) is 39.3 Å². The molecule has 2 rings (SSSR count). The molecule has 144 valence electrons. The third-order valence-corrected chi connectivity index (χ3v) is 3.74. The number of hydrogen-bond donors (Lipinski definition) is 2. The number of nitrogens with zero attached hydrogens (tertiary/aromatic N) is 3. The summed E-state index contributed by atoms with van der Waals surface area (Å²) < 4.78 is 5.95. The van der Waals surface area contributed by atoms with Gasteiger partial charge in [-0.1, -0.05) is 24.3 Å². The summed E-state index contributed by atoms with van der Waals surface area (Å²) in [6, 6.07) is 6.11. The lowest BCUT2D eigenvalue weighted by Crippen LogP contribution is -2.53. The third kappa shape index (κ3) is 5.47. The highest BCUT2D eigenvalue weighted by Gasteiger charge is 2.32. The number of hydrogen-bond acceptors (Lipinski definition) is 7. The van der Waals surface area contributed by atoms with E-state index in [0.29, 0.717) is 19.6 Å². The van der Waals surface area contributed by atoms with Crippen LogP contribution < -0.4 is 16.2 Å². The molecule has 1 aromatic carbocycles. The standard InChI is InChI=1S/C18H27N5O2.BrH/c1-5-8-14-10-6-9-13(2)15(14)24-11-7-12-25-23-17(20)21-16(19)22-18(23,3)4;/h5-6,9-10H,1,7-8,11-12H2,2-4H3,(H4,19,20,21,22);1H. The van der Waals surface area contributed by atoms with E-state index in [1.54, 1.807) is 0 Å². The monoisotopic (exact) mass is 425 g/mol. The Balaban J connectivity index is 0.00000338. The molecule has 1 aliphatic heterocycles. The van der Waals surface area contributed by atoms with Gasteiger partial charge in [0.15, 0.2) is 5.66 Å². The molecule has 0 amide bonds. The minimum Gasteiger partial charge on any atom is -0.493 e. The molecule has 0 fully saturated rings. The summed E-state index contributed by atoms with van der Waals surface area (Å²) in [7, 11) is 0. The highest BCUT2D eigenvalue weighted by molar-refractivity contribution is 8.93. The minimum absolute atomic E-state index is 0. The van der Waals surface area contributed by atoms with Crippen molar-refractivity contribution in [1.82, 2.24) is 5.06 Å². The van der Waals surface area contributed by atoms with Crippen LogP contribution in [0.25, 0.3) is 0 Å². The number of halogens is 1. The maximum atomic E-state index is 5.95. The normalized spacial score (nSPS) is 15.6. The molecule has 7 nitrogen and oxygen atoms in total. The van der Waals surface area contributed by atoms with Crippen molar-refractivity contribution < 1.29 is 9.57 Å². The van der Waals surface area contributed by atoms with Gasteiger partial charge in [-0.25, -0.2) is 4.99 Å². The Hall–Kier alpha value is -2.06. The van der Waals surface area contributed by atoms with Crippen LogP contribution >= 0.6 is 17.0 Å². The highest BCUT2D eigenvalue weighted by Crippen LogP contribution is 2.24. The van der Waals surface area contributed by atoms with Crippen molar-refractivity contribution >= 4 is 28.9 Å². The van der Waals surface area contributed by atoms with Crippen LogP contribution in [0.15, 0.2) is 40.8 Å². The average molecular weight is 426 g/mol. The predicted octanol–water partition coefficient (Wildman–Crippen LogP) is 2.68. The second kappa shape index (κ2) is 9.59. The van der Waals surface area contributed by atoms with Gasteiger partial charge in [-0.05, 0) is 38.3 Å². The Labute approximate surface area is 165 Å². The molecule has 4 N–H and O–H groups in total. The first-order valence-electron chi connectivity index (χ1n) is 8.30. The second-order valence-electron chi connectivity index (χ2n) is 6.32. The van der Waals surface area contributed by atoms with Crippen LogP contribution in [0.5, 0.6) is 5.75 Å². The fourth-order valence-electron chi connectivity index (χ4n) is 2.64. The summed E-state index contributed by atoms with van der Waals surface area (Å²) in [5, 5.41) is 1.47. The quantitative estimate of drug-likeness (QED) is 0.492. The molecule has 0 aliphatic carbocycles. The van der Waals surface area contributed by atoms with Crippen LogP contribution in [0.1, 0.15) is 31.4 Å². The first kappa shape index (κ1) is 22.0. The summed E-state index contributed by atoms with van der Waals surface area (Å²) in [6.45, 7) is 10.5. The van der Waals surface area contributed by atoms with Crippen molar-refractivity contribution in [3.8, 4) is 5.75 Å². The maximum Gasteiger partial charge on any atom is 0.226 e. The lowest BCUT2D eigenvalue weighted by molar-refractivity contribution is -0.158. The zero-order chi connectivity index (χ0) is 18.4. The SMILES string of the molecule is Br.C=CCc1cccc(C)c1OCCCON1C(N)=NC(N)=NC1(C)C. The van der Waals surface area contributed by atoms with Crippen molar-refractivity contribution in [3.63, 3.8) is 0 Å². The van der Waals surface area contributed by atoms with Gasteiger partial charge in [0.2, 0.25) is 11.9 Å². The fraction of sp³-hybridized carbons (Fsp3) is 0.444. The Morgan fingerprint density at radius 1 is 1.27 bits per heavy atom. The number of benzene rings is 1. The Kier molecular flexibility index (Phi) is 8.10. The molecule has 0 spiro atoms. The molecule has 1 heterocycles. The van der Waals surface area contributed by atoms with E-state index in [1.807, 2.05) is 39.0 Å². The van der Waals surface area contributed by atoms with Gasteiger partial charge in [-0.2, -0.15) is 10.1 Å². The zero-order valence-corrected chi connectivity index (χ0v) is 17.3. The van der Waals surface area contributed by atoms with Gasteiger partial charge in [0.05, 0.1) is 13.2 Å². The van der Waals surface area contributed by atoms with E-state index in [1.165, 1.54) is 5.06 Å². The summed E-state index contributed by atoms with van der Waals surface area (Å²) in [4.78, 5) is 13.9. The van der Waals surface area contributed by atoms with Gasteiger partial charge in [0.1, 0.15) is 5.75 Å². The number of guanidine groups is 2. The van der Waals surface area contributed by atoms with E-state index in [4.69, 9.17) is 21.0 Å². The van der Waals surface area contributed by atoms with E-state index >= 15 is 0 Å². The first-order chi connectivity index (χ1) is 11.8. The average Bonchev–Trinajstić information content (AvgIpc) is 2.51. The van der Waals surface area contributed by atoms with Gasteiger partial charge < -0.3 is 16.2 Å². The number of aryl methyl sites for hydroxylation is 1. The molecule has 1 aromatic rings. The van der Waals surface area contributed by atoms with E-state index in [-0.39, 0.29) is 28.9 Å². The van der Waals surface area contributed by atoms with Crippen LogP contribution in [0.2, 0.25) is 0 Å². The number of aliphatic imine (C=N–C) groups is 2. The molecule has 0 atom stereocenters. The number of para-hydroxylation sites is 1. The predicted molar refractivity (Wildman–Crippen MR) is 111 cm³/mol. The zero-order valence-electron chi connectivity index (χ0n) is 15.6. The Morgan fingerprint density at radius 2 is 2.00 bits per heavy atom. The van der Waals surface area contributed by atoms with Crippen molar-refractivity contribution in [2.75, 3.05) is 13.2 Å². The second-order valence-corrected chi connectivity index (χ2v) is 6.32. The molecule has 8 heteroatoms. The van der Waals surface area contributed by atoms with Gasteiger partial charge >= 0.3 is 0 Å². The maximum absolute atomic E-state index is 5.95. The van der Waals surface area contributed by atoms with E-state index < -0.39 is 5.66 Å². The smallest absolute Gasteiger partial charge is 0.226 e. The number of allylic oxidation sites excluding steroid dienone is 1. The van der Waals surface area contributed by atoms with Gasteiger partial charge in [-0.3, -0.25) is 4.84 Å². The molecule has 26 heavy (non-hydrogen) atoms. The van der Waals surface area contributed by atoms with Gasteiger partial charge in [0.25, 0.3) is 0 Å². The Bertz CT molecular complexity index is 688. The van der Waals surface area contributed by atoms with E-state index in [0.717, 1.165) is 23.3 Å². The summed E-state index contributed by atoms with van der Waals surface area (Å²) >= 11 is 0. The van der Waals surface area contributed by atoms with Crippen LogP contribution in [0.3, 0.4) is 0 Å². The summed E-state index contributed by atoms with van der Waals surface area (Å²) in [5.74, 6) is 1.27. The fourth-order valence-corrected chi connectivity index (χ4v) is 2.64. The molecule has 1 aliphatic rings. The van der Waals surface area contributed by atoms with Crippen LogP contribution in [-0.4, -0.2) is 35.9 Å². The number of hydroxylamine groups is 2. The molecule has 0 aromatic heterocycles. The van der Waals surface area contributed by atoms with E-state index in [9.17, 15) is 0 Å². The largest absolute Gasteiger partial charge is 0.493 e. The molecular formula is C18H28BrN5O2. The molecule has 0 saturated heterocycles. The number of ether oxygens (including phenoxy) is 1. The van der Waals surface area contributed by atoms with Crippen molar-refractivity contribution in [2.24, 2.45) is 21.5 Å². The van der Waals surface area contributed by atoms with Crippen molar-refractivity contribution in [1.29, 1.82) is 0 Å². The Morgan fingerprint density at radius 3 is 2.65 bits per heavy atom. The highest BCUT2D eigenvalue weighted by atomic mass is 79.9. The summed E-state index contributed by atoms with van der Waals surface area (Å²) in [5.41, 5.74) is 13.1. The van der Waals surface area contributed by atoms with Crippen LogP contribution in [0, 0.1) is 6.92 Å². The topological polar surface area (TPSA) is 98.5 Å². The lowest BCUT2D eigenvalue weighted by atomic mass is 10.1. The third-order valence-electron chi connectivity index (χ3n) is 3.74. The van der Waals surface area contributed by atoms with Crippen molar-refractivity contribution in [3.05, 3.63) is 42.0 Å². The summed E-state index contributed by atoms with van der Waals surface area (Å²) in [6.07, 6.45) is 3.35. The molecule has 0 unspecified atom stereocenters.